The second-order valence-electron chi connectivity index (χ2n) is 6.27. The lowest BCUT2D eigenvalue weighted by atomic mass is 9.98. The van der Waals surface area contributed by atoms with Crippen LogP contribution >= 0.6 is 0 Å². The minimum absolute atomic E-state index is 0.176. The van der Waals surface area contributed by atoms with Crippen molar-refractivity contribution in [3.05, 3.63) is 24.3 Å². The molecule has 0 spiro atoms. The van der Waals surface area contributed by atoms with E-state index in [9.17, 15) is 0 Å². The van der Waals surface area contributed by atoms with Gasteiger partial charge in [-0.15, -0.1) is 0 Å². The van der Waals surface area contributed by atoms with Gasteiger partial charge in [0, 0.05) is 31.2 Å². The molecule has 1 saturated heterocycles. The topological polar surface area (TPSA) is 33.7 Å². The van der Waals surface area contributed by atoms with Gasteiger partial charge in [-0.05, 0) is 39.8 Å². The average molecular weight is 292 g/mol. The van der Waals surface area contributed by atoms with Gasteiger partial charge in [0.05, 0.1) is 6.61 Å². The van der Waals surface area contributed by atoms with Crippen molar-refractivity contribution >= 4 is 0 Å². The van der Waals surface area contributed by atoms with E-state index in [1.54, 1.807) is 0 Å². The Hall–Kier alpha value is -1.26. The number of ether oxygens (including phenoxy) is 2. The first kappa shape index (κ1) is 16.1. The van der Waals surface area contributed by atoms with Gasteiger partial charge in [-0.1, -0.05) is 12.1 Å². The third-order valence-electron chi connectivity index (χ3n) is 4.00. The third-order valence-corrected chi connectivity index (χ3v) is 4.00. The van der Waals surface area contributed by atoms with Crippen molar-refractivity contribution in [2.75, 3.05) is 32.8 Å². The highest BCUT2D eigenvalue weighted by molar-refractivity contribution is 5.39. The molecule has 0 bridgehead atoms. The van der Waals surface area contributed by atoms with Crippen LogP contribution in [0, 0.1) is 0 Å². The Kier molecular flexibility index (Phi) is 5.48. The van der Waals surface area contributed by atoms with Gasteiger partial charge in [0.1, 0.15) is 6.61 Å². The summed E-state index contributed by atoms with van der Waals surface area (Å²) in [6.07, 6.45) is 0. The average Bonchev–Trinajstić information content (AvgIpc) is 2.45. The first-order chi connectivity index (χ1) is 10.0. The SMILES string of the molecule is CCOc1ccccc1OCCN1CC(C)NCC1(C)C. The van der Waals surface area contributed by atoms with E-state index >= 15 is 0 Å². The van der Waals surface area contributed by atoms with Crippen LogP contribution in [0.3, 0.4) is 0 Å². The molecule has 1 fully saturated rings. The van der Waals surface area contributed by atoms with E-state index in [0.29, 0.717) is 19.3 Å². The van der Waals surface area contributed by atoms with Crippen molar-refractivity contribution < 1.29 is 9.47 Å². The molecule has 2 rings (SSSR count). The standard InChI is InChI=1S/C17H28N2O2/c1-5-20-15-8-6-7-9-16(15)21-11-10-19-12-14(2)18-13-17(19,3)4/h6-9,14,18H,5,10-13H2,1-4H3. The maximum absolute atomic E-state index is 5.93. The summed E-state index contributed by atoms with van der Waals surface area (Å²) in [5.74, 6) is 1.66. The van der Waals surface area contributed by atoms with Gasteiger partial charge in [0.2, 0.25) is 0 Å². The normalized spacial score (nSPS) is 22.0. The summed E-state index contributed by atoms with van der Waals surface area (Å²) in [6, 6.07) is 8.41. The van der Waals surface area contributed by atoms with Gasteiger partial charge in [-0.2, -0.15) is 0 Å². The zero-order chi connectivity index (χ0) is 15.3. The fourth-order valence-electron chi connectivity index (χ4n) is 2.68. The molecule has 1 aromatic carbocycles. The van der Waals surface area contributed by atoms with E-state index in [-0.39, 0.29) is 5.54 Å². The van der Waals surface area contributed by atoms with Crippen LogP contribution in [0.25, 0.3) is 0 Å². The van der Waals surface area contributed by atoms with E-state index in [0.717, 1.165) is 31.1 Å². The Morgan fingerprint density at radius 2 is 1.90 bits per heavy atom. The number of para-hydroxylation sites is 2. The maximum atomic E-state index is 5.93. The molecule has 21 heavy (non-hydrogen) atoms. The van der Waals surface area contributed by atoms with Crippen LogP contribution in [0.1, 0.15) is 27.7 Å². The van der Waals surface area contributed by atoms with Crippen molar-refractivity contribution in [3.8, 4) is 11.5 Å². The minimum atomic E-state index is 0.176. The van der Waals surface area contributed by atoms with Gasteiger partial charge in [-0.3, -0.25) is 4.90 Å². The van der Waals surface area contributed by atoms with Crippen molar-refractivity contribution in [2.24, 2.45) is 0 Å². The van der Waals surface area contributed by atoms with Crippen LogP contribution in [-0.2, 0) is 0 Å². The Bertz CT molecular complexity index is 448. The van der Waals surface area contributed by atoms with E-state index < -0.39 is 0 Å². The number of nitrogens with zero attached hydrogens (tertiary/aromatic N) is 1. The van der Waals surface area contributed by atoms with Gasteiger partial charge in [0.15, 0.2) is 11.5 Å². The fraction of sp³-hybridized carbons (Fsp3) is 0.647. The molecule has 4 nitrogen and oxygen atoms in total. The molecule has 1 heterocycles. The molecule has 1 unspecified atom stereocenters. The fourth-order valence-corrected chi connectivity index (χ4v) is 2.68. The number of nitrogens with one attached hydrogen (secondary N) is 1. The Morgan fingerprint density at radius 1 is 1.24 bits per heavy atom. The predicted molar refractivity (Wildman–Crippen MR) is 86.2 cm³/mol. The monoisotopic (exact) mass is 292 g/mol. The van der Waals surface area contributed by atoms with Crippen molar-refractivity contribution in [3.63, 3.8) is 0 Å². The summed E-state index contributed by atoms with van der Waals surface area (Å²) in [5, 5.41) is 3.53. The molecule has 1 N–H and O–H groups in total. The molecule has 4 heteroatoms. The zero-order valence-electron chi connectivity index (χ0n) is 13.7. The van der Waals surface area contributed by atoms with E-state index in [1.165, 1.54) is 0 Å². The number of piperazine rings is 1. The summed E-state index contributed by atoms with van der Waals surface area (Å²) in [6.45, 7) is 13.1. The van der Waals surface area contributed by atoms with Gasteiger partial charge < -0.3 is 14.8 Å². The summed E-state index contributed by atoms with van der Waals surface area (Å²) in [7, 11) is 0. The molecule has 0 saturated carbocycles. The summed E-state index contributed by atoms with van der Waals surface area (Å²) in [4.78, 5) is 2.50. The predicted octanol–water partition coefficient (Wildman–Crippen LogP) is 2.54. The minimum Gasteiger partial charge on any atom is -0.490 e. The molecule has 0 aromatic heterocycles. The highest BCUT2D eigenvalue weighted by Crippen LogP contribution is 2.26. The number of hydrogen-bond donors (Lipinski definition) is 1. The first-order valence-electron chi connectivity index (χ1n) is 7.86. The second-order valence-corrected chi connectivity index (χ2v) is 6.27. The molecule has 0 aliphatic carbocycles. The molecule has 1 aliphatic rings. The van der Waals surface area contributed by atoms with Crippen LogP contribution in [0.2, 0.25) is 0 Å². The molecule has 1 atom stereocenters. The van der Waals surface area contributed by atoms with Crippen molar-refractivity contribution in [1.82, 2.24) is 10.2 Å². The number of hydrogen-bond acceptors (Lipinski definition) is 4. The molecule has 1 aromatic rings. The van der Waals surface area contributed by atoms with E-state index in [4.69, 9.17) is 9.47 Å². The van der Waals surface area contributed by atoms with E-state index in [1.807, 2.05) is 31.2 Å². The summed E-state index contributed by atoms with van der Waals surface area (Å²) >= 11 is 0. The Balaban J connectivity index is 1.89. The number of benzene rings is 1. The molecular weight excluding hydrogens is 264 g/mol. The summed E-state index contributed by atoms with van der Waals surface area (Å²) < 4.78 is 11.5. The Labute approximate surface area is 128 Å². The van der Waals surface area contributed by atoms with Gasteiger partial charge >= 0.3 is 0 Å². The van der Waals surface area contributed by atoms with Crippen molar-refractivity contribution in [1.29, 1.82) is 0 Å². The molecule has 0 radical (unpaired) electrons. The lowest BCUT2D eigenvalue weighted by Gasteiger charge is -2.45. The smallest absolute Gasteiger partial charge is 0.161 e. The zero-order valence-corrected chi connectivity index (χ0v) is 13.7. The second kappa shape index (κ2) is 7.14. The van der Waals surface area contributed by atoms with Gasteiger partial charge in [-0.25, -0.2) is 0 Å². The first-order valence-corrected chi connectivity index (χ1v) is 7.86. The lowest BCUT2D eigenvalue weighted by molar-refractivity contribution is 0.0561. The third kappa shape index (κ3) is 4.35. The molecule has 0 amide bonds. The highest BCUT2D eigenvalue weighted by atomic mass is 16.5. The van der Waals surface area contributed by atoms with Crippen LogP contribution in [0.4, 0.5) is 0 Å². The van der Waals surface area contributed by atoms with E-state index in [2.05, 4.69) is 31.0 Å². The largest absolute Gasteiger partial charge is 0.490 e. The van der Waals surface area contributed by atoms with Crippen LogP contribution < -0.4 is 14.8 Å². The highest BCUT2D eigenvalue weighted by Gasteiger charge is 2.31. The van der Waals surface area contributed by atoms with Crippen LogP contribution in [0.5, 0.6) is 11.5 Å². The summed E-state index contributed by atoms with van der Waals surface area (Å²) in [5.41, 5.74) is 0.176. The lowest BCUT2D eigenvalue weighted by Crippen LogP contribution is -2.61. The molecule has 118 valence electrons. The molecule has 1 aliphatic heterocycles. The van der Waals surface area contributed by atoms with Crippen molar-refractivity contribution in [2.45, 2.75) is 39.3 Å². The number of rotatable bonds is 6. The quantitative estimate of drug-likeness (QED) is 0.873. The molecular formula is C17H28N2O2. The van der Waals surface area contributed by atoms with Crippen LogP contribution in [0.15, 0.2) is 24.3 Å². The van der Waals surface area contributed by atoms with Gasteiger partial charge in [0.25, 0.3) is 0 Å². The maximum Gasteiger partial charge on any atom is 0.161 e. The Morgan fingerprint density at radius 3 is 2.57 bits per heavy atom. The van der Waals surface area contributed by atoms with Crippen LogP contribution in [-0.4, -0.2) is 49.3 Å².